The molecule has 0 fully saturated rings. The van der Waals surface area contributed by atoms with Crippen LogP contribution in [-0.4, -0.2) is 13.1 Å². The van der Waals surface area contributed by atoms with E-state index in [0.717, 1.165) is 0 Å². The van der Waals surface area contributed by atoms with Crippen LogP contribution in [0.25, 0.3) is 0 Å². The first-order valence-corrected chi connectivity index (χ1v) is 5.81. The van der Waals surface area contributed by atoms with Crippen LogP contribution < -0.4 is 9.47 Å². The molecule has 19 heavy (non-hydrogen) atoms. The highest BCUT2D eigenvalue weighted by Gasteiger charge is 2.51. The lowest BCUT2D eigenvalue weighted by Gasteiger charge is -2.16. The molecule has 96 valence electrons. The smallest absolute Gasteiger partial charge is 0.358 e. The van der Waals surface area contributed by atoms with Gasteiger partial charge in [0.05, 0.1) is 12.7 Å². The molecule has 2 aromatic carbocycles. The molecule has 1 aliphatic heterocycles. The van der Waals surface area contributed by atoms with Crippen LogP contribution in [0, 0.1) is 0 Å². The first-order valence-electron chi connectivity index (χ1n) is 5.81. The van der Waals surface area contributed by atoms with E-state index in [1.54, 1.807) is 36.4 Å². The average molecular weight is 258 g/mol. The Morgan fingerprint density at radius 3 is 2.58 bits per heavy atom. The van der Waals surface area contributed by atoms with Gasteiger partial charge >= 0.3 is 5.97 Å². The van der Waals surface area contributed by atoms with E-state index in [1.807, 2.05) is 0 Å². The Bertz CT molecular complexity index is 639. The zero-order chi connectivity index (χ0) is 13.5. The summed E-state index contributed by atoms with van der Waals surface area (Å²) in [4.78, 5) is 11.9. The molecule has 0 saturated carbocycles. The maximum absolute atomic E-state index is 15.2. The Morgan fingerprint density at radius 2 is 1.89 bits per heavy atom. The zero-order valence-electron chi connectivity index (χ0n) is 10.2. The molecule has 1 heterocycles. The van der Waals surface area contributed by atoms with E-state index in [-0.39, 0.29) is 16.9 Å². The third kappa shape index (κ3) is 1.60. The molecule has 4 heteroatoms. The first kappa shape index (κ1) is 11.7. The minimum atomic E-state index is -2.27. The number of hydrogen-bond acceptors (Lipinski definition) is 3. The van der Waals surface area contributed by atoms with Gasteiger partial charge in [0.1, 0.15) is 11.5 Å². The first-order chi connectivity index (χ1) is 9.16. The Balaban J connectivity index is 2.21. The number of esters is 1. The van der Waals surface area contributed by atoms with Crippen molar-refractivity contribution in [3.8, 4) is 11.5 Å². The largest absolute Gasteiger partial charge is 0.497 e. The van der Waals surface area contributed by atoms with Crippen LogP contribution in [0.4, 0.5) is 4.39 Å². The van der Waals surface area contributed by atoms with Crippen molar-refractivity contribution >= 4 is 5.97 Å². The van der Waals surface area contributed by atoms with E-state index < -0.39 is 11.6 Å². The summed E-state index contributed by atoms with van der Waals surface area (Å²) in [5.74, 6) is -0.200. The molecule has 0 amide bonds. The lowest BCUT2D eigenvalue weighted by atomic mass is 9.89. The summed E-state index contributed by atoms with van der Waals surface area (Å²) in [7, 11) is 1.49. The minimum absolute atomic E-state index is 0.183. The van der Waals surface area contributed by atoms with Crippen LogP contribution in [0.15, 0.2) is 48.5 Å². The third-order valence-electron chi connectivity index (χ3n) is 3.21. The Labute approximate surface area is 109 Å². The summed E-state index contributed by atoms with van der Waals surface area (Å²) >= 11 is 0. The van der Waals surface area contributed by atoms with Crippen molar-refractivity contribution in [3.05, 3.63) is 59.7 Å². The van der Waals surface area contributed by atoms with Crippen molar-refractivity contribution in [1.29, 1.82) is 0 Å². The van der Waals surface area contributed by atoms with E-state index in [2.05, 4.69) is 0 Å². The van der Waals surface area contributed by atoms with Gasteiger partial charge in [-0.3, -0.25) is 0 Å². The van der Waals surface area contributed by atoms with Gasteiger partial charge in [-0.1, -0.05) is 30.3 Å². The number of alkyl halides is 1. The number of carbonyl (C=O) groups excluding carboxylic acids is 1. The SMILES string of the molecule is COc1ccc2c(c1)C(F)(c1ccccc1)C(=O)O2. The number of fused-ring (bicyclic) bond motifs is 1. The quantitative estimate of drug-likeness (QED) is 0.613. The second-order valence-corrected chi connectivity index (χ2v) is 4.28. The highest BCUT2D eigenvalue weighted by atomic mass is 19.1. The number of carbonyl (C=O) groups is 1. The molecule has 3 nitrogen and oxygen atoms in total. The minimum Gasteiger partial charge on any atom is -0.497 e. The van der Waals surface area contributed by atoms with Gasteiger partial charge < -0.3 is 9.47 Å². The van der Waals surface area contributed by atoms with Crippen molar-refractivity contribution in [2.75, 3.05) is 7.11 Å². The molecule has 0 N–H and O–H groups in total. The van der Waals surface area contributed by atoms with Crippen LogP contribution in [0.5, 0.6) is 11.5 Å². The number of hydrogen-bond donors (Lipinski definition) is 0. The Hall–Kier alpha value is -2.36. The summed E-state index contributed by atoms with van der Waals surface area (Å²) in [5, 5.41) is 0. The molecular weight excluding hydrogens is 247 g/mol. The van der Waals surface area contributed by atoms with Crippen LogP contribution >= 0.6 is 0 Å². The molecule has 3 rings (SSSR count). The molecule has 0 bridgehead atoms. The molecular formula is C15H11FO3. The van der Waals surface area contributed by atoms with Gasteiger partial charge in [-0.15, -0.1) is 0 Å². The molecule has 0 aromatic heterocycles. The summed E-state index contributed by atoms with van der Waals surface area (Å²) in [6.07, 6.45) is 0. The standard InChI is InChI=1S/C15H11FO3/c1-18-11-7-8-13-12(9-11)15(16,14(17)19-13)10-5-3-2-4-6-10/h2-9H,1H3. The van der Waals surface area contributed by atoms with Crippen molar-refractivity contribution in [1.82, 2.24) is 0 Å². The van der Waals surface area contributed by atoms with Crippen molar-refractivity contribution in [2.45, 2.75) is 5.67 Å². The van der Waals surface area contributed by atoms with E-state index in [1.165, 1.54) is 19.2 Å². The van der Waals surface area contributed by atoms with E-state index in [4.69, 9.17) is 9.47 Å². The van der Waals surface area contributed by atoms with E-state index in [0.29, 0.717) is 5.75 Å². The average Bonchev–Trinajstić information content (AvgIpc) is 2.72. The second-order valence-electron chi connectivity index (χ2n) is 4.28. The summed E-state index contributed by atoms with van der Waals surface area (Å²) in [6.45, 7) is 0. The fraction of sp³-hybridized carbons (Fsp3) is 0.133. The fourth-order valence-electron chi connectivity index (χ4n) is 2.22. The number of methoxy groups -OCH3 is 1. The van der Waals surface area contributed by atoms with Gasteiger partial charge in [-0.2, -0.15) is 0 Å². The van der Waals surface area contributed by atoms with Crippen LogP contribution in [0.2, 0.25) is 0 Å². The van der Waals surface area contributed by atoms with Crippen LogP contribution in [0.3, 0.4) is 0 Å². The van der Waals surface area contributed by atoms with Gasteiger partial charge in [0.25, 0.3) is 5.67 Å². The highest BCUT2D eigenvalue weighted by molar-refractivity contribution is 5.92. The predicted molar refractivity (Wildman–Crippen MR) is 67.0 cm³/mol. The fourth-order valence-corrected chi connectivity index (χ4v) is 2.22. The van der Waals surface area contributed by atoms with Gasteiger partial charge in [0.2, 0.25) is 0 Å². The van der Waals surface area contributed by atoms with Crippen LogP contribution in [-0.2, 0) is 10.5 Å². The molecule has 1 atom stereocenters. The summed E-state index contributed by atoms with van der Waals surface area (Å²) < 4.78 is 25.3. The van der Waals surface area contributed by atoms with Crippen molar-refractivity contribution in [3.63, 3.8) is 0 Å². The number of benzene rings is 2. The van der Waals surface area contributed by atoms with Gasteiger partial charge in [0.15, 0.2) is 0 Å². The third-order valence-corrected chi connectivity index (χ3v) is 3.21. The highest BCUT2D eigenvalue weighted by Crippen LogP contribution is 2.46. The molecule has 0 radical (unpaired) electrons. The Morgan fingerprint density at radius 1 is 1.16 bits per heavy atom. The molecule has 1 aliphatic rings. The molecule has 0 saturated heterocycles. The lowest BCUT2D eigenvalue weighted by Crippen LogP contribution is -2.29. The maximum atomic E-state index is 15.2. The van der Waals surface area contributed by atoms with Gasteiger partial charge in [0, 0.05) is 5.56 Å². The molecule has 0 aliphatic carbocycles. The molecule has 0 spiro atoms. The summed E-state index contributed by atoms with van der Waals surface area (Å²) in [6, 6.07) is 12.9. The number of halogens is 1. The number of rotatable bonds is 2. The maximum Gasteiger partial charge on any atom is 0.358 e. The lowest BCUT2D eigenvalue weighted by molar-refractivity contribution is -0.142. The Kier molecular flexibility index (Phi) is 2.52. The monoisotopic (exact) mass is 258 g/mol. The number of ether oxygens (including phenoxy) is 2. The van der Waals surface area contributed by atoms with Crippen molar-refractivity contribution < 1.29 is 18.7 Å². The summed E-state index contributed by atoms with van der Waals surface area (Å²) in [5.41, 5.74) is -1.83. The van der Waals surface area contributed by atoms with Gasteiger partial charge in [-0.25, -0.2) is 9.18 Å². The van der Waals surface area contributed by atoms with Gasteiger partial charge in [-0.05, 0) is 18.2 Å². The van der Waals surface area contributed by atoms with Crippen molar-refractivity contribution in [2.24, 2.45) is 0 Å². The van der Waals surface area contributed by atoms with E-state index in [9.17, 15) is 4.79 Å². The van der Waals surface area contributed by atoms with E-state index >= 15 is 4.39 Å². The second kappa shape index (κ2) is 4.09. The van der Waals surface area contributed by atoms with Crippen LogP contribution in [0.1, 0.15) is 11.1 Å². The zero-order valence-corrected chi connectivity index (χ0v) is 10.2. The topological polar surface area (TPSA) is 35.5 Å². The molecule has 2 aromatic rings. The predicted octanol–water partition coefficient (Wildman–Crippen LogP) is 2.83. The normalized spacial score (nSPS) is 20.8. The molecule has 1 unspecified atom stereocenters.